The van der Waals surface area contributed by atoms with Gasteiger partial charge >= 0.3 is 0 Å². The first-order valence-corrected chi connectivity index (χ1v) is 4.76. The largest absolute Gasteiger partial charge is 0.452 e. The Morgan fingerprint density at radius 3 is 2.69 bits per heavy atom. The lowest BCUT2D eigenvalue weighted by Gasteiger charge is -1.93. The molecule has 0 saturated heterocycles. The predicted molar refractivity (Wildman–Crippen MR) is 61.1 cm³/mol. The molecular formula is C12H10N2O2. The van der Waals surface area contributed by atoms with E-state index in [0.29, 0.717) is 0 Å². The van der Waals surface area contributed by atoms with Crippen molar-refractivity contribution in [1.82, 2.24) is 9.97 Å². The van der Waals surface area contributed by atoms with Gasteiger partial charge in [0.1, 0.15) is 6.26 Å². The number of nitrogens with zero attached hydrogens (tertiary/aromatic N) is 1. The Morgan fingerprint density at radius 2 is 2.00 bits per heavy atom. The summed E-state index contributed by atoms with van der Waals surface area (Å²) in [5.41, 5.74) is 0.837. The third-order valence-corrected chi connectivity index (χ3v) is 1.98. The second-order valence-electron chi connectivity index (χ2n) is 3.09. The molecule has 0 spiro atoms. The molecule has 3 aromatic rings. The van der Waals surface area contributed by atoms with Crippen LogP contribution in [0.15, 0.2) is 64.5 Å². The summed E-state index contributed by atoms with van der Waals surface area (Å²) in [6, 6.07) is 11.0. The summed E-state index contributed by atoms with van der Waals surface area (Å²) >= 11 is 0. The first-order valence-electron chi connectivity index (χ1n) is 4.76. The standard InChI is InChI=1S/C9H7NO.C3H3NO/c11-9-6-5-7-3-1-2-4-8(7)10-9;1-2-5-3-4-1/h1-6H,(H,10,11);1-3H. The Kier molecular flexibility index (Phi) is 3.13. The molecule has 0 aliphatic carbocycles. The molecule has 3 rings (SSSR count). The lowest BCUT2D eigenvalue weighted by Crippen LogP contribution is -2.01. The molecule has 2 heterocycles. The number of rotatable bonds is 0. The van der Waals surface area contributed by atoms with E-state index in [4.69, 9.17) is 0 Å². The summed E-state index contributed by atoms with van der Waals surface area (Å²) in [5.74, 6) is 0. The molecule has 0 aliphatic rings. The highest BCUT2D eigenvalue weighted by atomic mass is 16.3. The summed E-state index contributed by atoms with van der Waals surface area (Å²) < 4.78 is 4.47. The van der Waals surface area contributed by atoms with Crippen LogP contribution in [0.4, 0.5) is 0 Å². The van der Waals surface area contributed by atoms with Crippen LogP contribution in [-0.2, 0) is 0 Å². The summed E-state index contributed by atoms with van der Waals surface area (Å²) in [7, 11) is 0. The molecule has 0 bridgehead atoms. The van der Waals surface area contributed by atoms with Crippen molar-refractivity contribution in [3.63, 3.8) is 0 Å². The first kappa shape index (κ1) is 10.2. The van der Waals surface area contributed by atoms with Gasteiger partial charge in [0.05, 0.1) is 6.20 Å². The highest BCUT2D eigenvalue weighted by Crippen LogP contribution is 2.06. The fourth-order valence-electron chi connectivity index (χ4n) is 1.27. The van der Waals surface area contributed by atoms with Gasteiger partial charge in [0.2, 0.25) is 5.56 Å². The van der Waals surface area contributed by atoms with Crippen LogP contribution >= 0.6 is 0 Å². The fraction of sp³-hybridized carbons (Fsp3) is 0. The minimum absolute atomic E-state index is 0.0521. The van der Waals surface area contributed by atoms with Crippen molar-refractivity contribution >= 4 is 10.9 Å². The zero-order valence-electron chi connectivity index (χ0n) is 8.46. The molecule has 16 heavy (non-hydrogen) atoms. The Morgan fingerprint density at radius 1 is 1.12 bits per heavy atom. The molecule has 80 valence electrons. The minimum Gasteiger partial charge on any atom is -0.452 e. The van der Waals surface area contributed by atoms with Crippen LogP contribution in [0.25, 0.3) is 10.9 Å². The van der Waals surface area contributed by atoms with Gasteiger partial charge in [-0.3, -0.25) is 4.79 Å². The van der Waals surface area contributed by atoms with Gasteiger partial charge in [0, 0.05) is 11.6 Å². The summed E-state index contributed by atoms with van der Waals surface area (Å²) in [6.45, 7) is 0. The lowest BCUT2D eigenvalue weighted by atomic mass is 10.2. The second kappa shape index (κ2) is 4.93. The number of para-hydroxylation sites is 1. The smallest absolute Gasteiger partial charge is 0.248 e. The maximum atomic E-state index is 10.8. The third kappa shape index (κ3) is 2.57. The number of H-pyrrole nitrogens is 1. The van der Waals surface area contributed by atoms with Crippen LogP contribution in [0.5, 0.6) is 0 Å². The van der Waals surface area contributed by atoms with Crippen molar-refractivity contribution in [2.45, 2.75) is 0 Å². The van der Waals surface area contributed by atoms with E-state index < -0.39 is 0 Å². The maximum Gasteiger partial charge on any atom is 0.248 e. The van der Waals surface area contributed by atoms with Gasteiger partial charge in [-0.1, -0.05) is 18.2 Å². The van der Waals surface area contributed by atoms with Gasteiger partial charge in [-0.15, -0.1) is 0 Å². The van der Waals surface area contributed by atoms with E-state index in [1.54, 1.807) is 6.20 Å². The second-order valence-corrected chi connectivity index (χ2v) is 3.09. The molecule has 1 N–H and O–H groups in total. The van der Waals surface area contributed by atoms with E-state index in [1.807, 2.05) is 30.3 Å². The molecule has 0 radical (unpaired) electrons. The molecule has 1 aromatic carbocycles. The number of aromatic nitrogens is 2. The number of oxazole rings is 1. The van der Waals surface area contributed by atoms with Gasteiger partial charge in [0.15, 0.2) is 6.39 Å². The Bertz CT molecular complexity index is 582. The van der Waals surface area contributed by atoms with Crippen molar-refractivity contribution in [1.29, 1.82) is 0 Å². The summed E-state index contributed by atoms with van der Waals surface area (Å²) in [4.78, 5) is 17.1. The van der Waals surface area contributed by atoms with Crippen molar-refractivity contribution in [3.05, 3.63) is 65.6 Å². The van der Waals surface area contributed by atoms with E-state index in [0.717, 1.165) is 10.9 Å². The number of hydrogen-bond acceptors (Lipinski definition) is 3. The molecule has 0 amide bonds. The molecule has 0 saturated carbocycles. The molecule has 2 aromatic heterocycles. The highest BCUT2D eigenvalue weighted by Gasteiger charge is 1.89. The van der Waals surface area contributed by atoms with E-state index in [-0.39, 0.29) is 5.56 Å². The Hall–Kier alpha value is -2.36. The third-order valence-electron chi connectivity index (χ3n) is 1.98. The number of fused-ring (bicyclic) bond motifs is 1. The number of benzene rings is 1. The Labute approximate surface area is 91.6 Å². The molecule has 0 atom stereocenters. The van der Waals surface area contributed by atoms with E-state index >= 15 is 0 Å². The normalized spacial score (nSPS) is 9.50. The molecule has 4 nitrogen and oxygen atoms in total. The first-order chi connectivity index (χ1) is 7.86. The highest BCUT2D eigenvalue weighted by molar-refractivity contribution is 5.77. The van der Waals surface area contributed by atoms with Crippen LogP contribution < -0.4 is 5.56 Å². The van der Waals surface area contributed by atoms with Crippen LogP contribution in [0, 0.1) is 0 Å². The van der Waals surface area contributed by atoms with E-state index in [2.05, 4.69) is 14.4 Å². The predicted octanol–water partition coefficient (Wildman–Crippen LogP) is 2.20. The molecule has 0 aliphatic heterocycles. The maximum absolute atomic E-state index is 10.8. The zero-order valence-corrected chi connectivity index (χ0v) is 8.46. The molecule has 0 fully saturated rings. The topological polar surface area (TPSA) is 58.9 Å². The number of pyridine rings is 1. The quantitative estimate of drug-likeness (QED) is 0.624. The average molecular weight is 214 g/mol. The summed E-state index contributed by atoms with van der Waals surface area (Å²) in [6.07, 6.45) is 4.47. The van der Waals surface area contributed by atoms with Crippen LogP contribution in [0.3, 0.4) is 0 Å². The van der Waals surface area contributed by atoms with Gasteiger partial charge in [0.25, 0.3) is 0 Å². The van der Waals surface area contributed by atoms with Crippen LogP contribution in [0.1, 0.15) is 0 Å². The summed E-state index contributed by atoms with van der Waals surface area (Å²) in [5, 5.41) is 1.06. The molecule has 0 unspecified atom stereocenters. The number of aromatic amines is 1. The molecule has 4 heteroatoms. The lowest BCUT2D eigenvalue weighted by molar-refractivity contribution is 0.558. The monoisotopic (exact) mass is 214 g/mol. The van der Waals surface area contributed by atoms with Gasteiger partial charge < -0.3 is 9.40 Å². The number of nitrogens with one attached hydrogen (secondary N) is 1. The molecular weight excluding hydrogens is 204 g/mol. The van der Waals surface area contributed by atoms with Gasteiger partial charge in [-0.25, -0.2) is 4.98 Å². The number of hydrogen-bond donors (Lipinski definition) is 1. The minimum atomic E-state index is -0.0521. The van der Waals surface area contributed by atoms with Crippen molar-refractivity contribution in [2.75, 3.05) is 0 Å². The van der Waals surface area contributed by atoms with Crippen molar-refractivity contribution in [2.24, 2.45) is 0 Å². The van der Waals surface area contributed by atoms with Gasteiger partial charge in [-0.05, 0) is 17.5 Å². The van der Waals surface area contributed by atoms with Crippen LogP contribution in [0.2, 0.25) is 0 Å². The van der Waals surface area contributed by atoms with Crippen LogP contribution in [-0.4, -0.2) is 9.97 Å². The van der Waals surface area contributed by atoms with E-state index in [1.165, 1.54) is 18.7 Å². The van der Waals surface area contributed by atoms with E-state index in [9.17, 15) is 4.79 Å². The van der Waals surface area contributed by atoms with Crippen molar-refractivity contribution in [3.8, 4) is 0 Å². The van der Waals surface area contributed by atoms with Gasteiger partial charge in [-0.2, -0.15) is 0 Å². The fourth-order valence-corrected chi connectivity index (χ4v) is 1.27. The zero-order chi connectivity index (χ0) is 11.2. The average Bonchev–Trinajstić information content (AvgIpc) is 2.87. The Balaban J connectivity index is 0.000000162. The SMILES string of the molecule is O=c1ccc2ccccc2[nH]1.c1cocn1. The van der Waals surface area contributed by atoms with Crippen molar-refractivity contribution < 1.29 is 4.42 Å².